The number of methoxy groups -OCH3 is 3. The molecule has 0 spiro atoms. The first-order valence-corrected chi connectivity index (χ1v) is 14.4. The lowest BCUT2D eigenvalue weighted by molar-refractivity contribution is -0.128. The van der Waals surface area contributed by atoms with Crippen LogP contribution in [0.4, 0.5) is 4.79 Å². The predicted molar refractivity (Wildman–Crippen MR) is 168 cm³/mol. The summed E-state index contributed by atoms with van der Waals surface area (Å²) in [5.74, 6) is -0.510. The molecule has 0 saturated carbocycles. The van der Waals surface area contributed by atoms with Gasteiger partial charge in [0.05, 0.1) is 53.2 Å². The van der Waals surface area contributed by atoms with E-state index in [4.69, 9.17) is 14.2 Å². The topological polar surface area (TPSA) is 174 Å². The summed E-state index contributed by atoms with van der Waals surface area (Å²) in [6, 6.07) is 23.6. The maximum atomic E-state index is 12.8. The normalized spacial score (nSPS) is 12.2. The average molecular weight is 637 g/mol. The second kappa shape index (κ2) is 17.4. The number of aliphatic hydroxyl groups is 1. The SMILES string of the molecule is COC(=O)NCC(=O)NCC(=O)NCC(=O)N[C@H](COC(c1ccccc1)(c1ccc(OC)cc1)c1ccc(OC)cc1)[C@@H](C)O. The Morgan fingerprint density at radius 3 is 1.59 bits per heavy atom. The zero-order valence-electron chi connectivity index (χ0n) is 26.2. The molecule has 3 aromatic carbocycles. The van der Waals surface area contributed by atoms with Crippen molar-refractivity contribution >= 4 is 23.8 Å². The molecule has 46 heavy (non-hydrogen) atoms. The Balaban J connectivity index is 1.78. The maximum absolute atomic E-state index is 12.8. The molecule has 0 saturated heterocycles. The number of alkyl carbamates (subject to hydrolysis) is 1. The molecule has 0 heterocycles. The maximum Gasteiger partial charge on any atom is 0.407 e. The number of aliphatic hydroxyl groups excluding tert-OH is 1. The van der Waals surface area contributed by atoms with Crippen LogP contribution in [0.5, 0.6) is 11.5 Å². The summed E-state index contributed by atoms with van der Waals surface area (Å²) >= 11 is 0. The molecule has 0 fully saturated rings. The van der Waals surface area contributed by atoms with Gasteiger partial charge in [-0.15, -0.1) is 0 Å². The van der Waals surface area contributed by atoms with Crippen molar-refractivity contribution in [2.45, 2.75) is 24.7 Å². The molecular weight excluding hydrogens is 596 g/mol. The summed E-state index contributed by atoms with van der Waals surface area (Å²) in [5, 5.41) is 20.3. The van der Waals surface area contributed by atoms with Crippen LogP contribution in [0.3, 0.4) is 0 Å². The van der Waals surface area contributed by atoms with E-state index in [0.717, 1.165) is 23.8 Å². The molecule has 246 valence electrons. The van der Waals surface area contributed by atoms with Crippen molar-refractivity contribution in [3.05, 3.63) is 95.6 Å². The van der Waals surface area contributed by atoms with Crippen molar-refractivity contribution in [1.82, 2.24) is 21.3 Å². The van der Waals surface area contributed by atoms with Gasteiger partial charge in [0, 0.05) is 0 Å². The highest BCUT2D eigenvalue weighted by Gasteiger charge is 2.39. The van der Waals surface area contributed by atoms with Crippen LogP contribution in [-0.4, -0.2) is 88.6 Å². The van der Waals surface area contributed by atoms with Crippen LogP contribution in [-0.2, 0) is 29.5 Å². The van der Waals surface area contributed by atoms with E-state index in [2.05, 4.69) is 26.0 Å². The van der Waals surface area contributed by atoms with Crippen molar-refractivity contribution in [1.29, 1.82) is 0 Å². The Morgan fingerprint density at radius 2 is 1.13 bits per heavy atom. The van der Waals surface area contributed by atoms with E-state index in [9.17, 15) is 24.3 Å². The fourth-order valence-electron chi connectivity index (χ4n) is 4.56. The first kappa shape index (κ1) is 35.3. The molecule has 4 amide bonds. The minimum Gasteiger partial charge on any atom is -0.497 e. The number of carbonyl (C=O) groups is 4. The third kappa shape index (κ3) is 9.68. The summed E-state index contributed by atoms with van der Waals surface area (Å²) in [7, 11) is 4.32. The number of benzene rings is 3. The van der Waals surface area contributed by atoms with E-state index in [0.29, 0.717) is 11.5 Å². The number of nitrogens with one attached hydrogen (secondary N) is 4. The molecule has 0 radical (unpaired) electrons. The Kier molecular flexibility index (Phi) is 13.3. The molecule has 0 aliphatic heterocycles. The van der Waals surface area contributed by atoms with Crippen LogP contribution in [0.1, 0.15) is 23.6 Å². The molecule has 13 nitrogen and oxygen atoms in total. The summed E-state index contributed by atoms with van der Waals surface area (Å²) in [6.07, 6.45) is -1.82. The summed E-state index contributed by atoms with van der Waals surface area (Å²) in [6.45, 7) is 0.192. The highest BCUT2D eigenvalue weighted by atomic mass is 16.5. The first-order chi connectivity index (χ1) is 22.1. The second-order valence-electron chi connectivity index (χ2n) is 10.1. The third-order valence-electron chi connectivity index (χ3n) is 7.05. The Morgan fingerprint density at radius 1 is 0.674 bits per heavy atom. The van der Waals surface area contributed by atoms with Gasteiger partial charge in [-0.2, -0.15) is 0 Å². The number of hydrogen-bond donors (Lipinski definition) is 5. The van der Waals surface area contributed by atoms with E-state index in [1.807, 2.05) is 78.9 Å². The summed E-state index contributed by atoms with van der Waals surface area (Å²) in [5.41, 5.74) is 1.18. The van der Waals surface area contributed by atoms with Crippen LogP contribution in [0, 0.1) is 0 Å². The van der Waals surface area contributed by atoms with Gasteiger partial charge in [0.25, 0.3) is 0 Å². The van der Waals surface area contributed by atoms with Gasteiger partial charge in [-0.3, -0.25) is 14.4 Å². The molecular formula is C33H40N4O9. The Hall–Kier alpha value is -5.14. The molecule has 3 rings (SSSR count). The fraction of sp³-hybridized carbons (Fsp3) is 0.333. The van der Waals surface area contributed by atoms with Crippen LogP contribution in [0.15, 0.2) is 78.9 Å². The first-order valence-electron chi connectivity index (χ1n) is 14.4. The van der Waals surface area contributed by atoms with Crippen molar-refractivity contribution < 1.29 is 43.2 Å². The standard InChI is InChI=1S/C33H40N4O9/c1-22(38)28(37-31(41)20-35-29(39)18-34-30(40)19-36-32(42)45-4)21-46-33(23-8-6-5-7-9-23,24-10-14-26(43-2)15-11-24)25-12-16-27(44-3)17-13-25/h5-17,22,28,38H,18-21H2,1-4H3,(H,34,40)(H,35,39)(H,36,42)(H,37,41)/t22-,28-/m1/s1. The van der Waals surface area contributed by atoms with Crippen molar-refractivity contribution in [3.8, 4) is 11.5 Å². The molecule has 0 aromatic heterocycles. The minimum atomic E-state index is -1.17. The van der Waals surface area contributed by atoms with Crippen LogP contribution < -0.4 is 30.7 Å². The van der Waals surface area contributed by atoms with Gasteiger partial charge in [0.15, 0.2) is 0 Å². The van der Waals surface area contributed by atoms with Crippen molar-refractivity contribution in [2.75, 3.05) is 47.6 Å². The van der Waals surface area contributed by atoms with E-state index < -0.39 is 54.7 Å². The zero-order valence-corrected chi connectivity index (χ0v) is 26.2. The molecule has 0 aliphatic rings. The van der Waals surface area contributed by atoms with E-state index in [1.54, 1.807) is 14.2 Å². The van der Waals surface area contributed by atoms with Gasteiger partial charge >= 0.3 is 6.09 Å². The van der Waals surface area contributed by atoms with Gasteiger partial charge in [-0.25, -0.2) is 4.79 Å². The summed E-state index contributed by atoms with van der Waals surface area (Å²) in [4.78, 5) is 47.8. The monoisotopic (exact) mass is 636 g/mol. The van der Waals surface area contributed by atoms with Gasteiger partial charge in [0.2, 0.25) is 17.7 Å². The highest BCUT2D eigenvalue weighted by molar-refractivity contribution is 5.89. The molecule has 2 atom stereocenters. The number of ether oxygens (including phenoxy) is 4. The lowest BCUT2D eigenvalue weighted by Gasteiger charge is -2.37. The molecule has 5 N–H and O–H groups in total. The molecule has 3 aromatic rings. The Labute approximate surface area is 267 Å². The van der Waals surface area contributed by atoms with Crippen molar-refractivity contribution in [2.24, 2.45) is 0 Å². The minimum absolute atomic E-state index is 0.118. The Bertz CT molecular complexity index is 1380. The van der Waals surface area contributed by atoms with Gasteiger partial charge in [0.1, 0.15) is 23.6 Å². The van der Waals surface area contributed by atoms with Crippen LogP contribution >= 0.6 is 0 Å². The lowest BCUT2D eigenvalue weighted by Crippen LogP contribution is -2.51. The van der Waals surface area contributed by atoms with Crippen molar-refractivity contribution in [3.63, 3.8) is 0 Å². The van der Waals surface area contributed by atoms with Gasteiger partial charge < -0.3 is 45.3 Å². The predicted octanol–water partition coefficient (Wildman–Crippen LogP) is 1.47. The second-order valence-corrected chi connectivity index (χ2v) is 10.1. The number of hydrogen-bond acceptors (Lipinski definition) is 9. The van der Waals surface area contributed by atoms with Crippen LogP contribution in [0.25, 0.3) is 0 Å². The molecule has 0 unspecified atom stereocenters. The van der Waals surface area contributed by atoms with E-state index in [-0.39, 0.29) is 13.2 Å². The smallest absolute Gasteiger partial charge is 0.407 e. The van der Waals surface area contributed by atoms with Crippen LogP contribution in [0.2, 0.25) is 0 Å². The average Bonchev–Trinajstić information content (AvgIpc) is 3.09. The zero-order chi connectivity index (χ0) is 33.5. The van der Waals surface area contributed by atoms with Gasteiger partial charge in [-0.1, -0.05) is 54.6 Å². The number of carbonyl (C=O) groups excluding carboxylic acids is 4. The quantitative estimate of drug-likeness (QED) is 0.146. The molecule has 0 bridgehead atoms. The highest BCUT2D eigenvalue weighted by Crippen LogP contribution is 2.41. The number of rotatable bonds is 16. The number of amides is 4. The van der Waals surface area contributed by atoms with Gasteiger partial charge in [-0.05, 0) is 47.9 Å². The third-order valence-corrected chi connectivity index (χ3v) is 7.05. The van der Waals surface area contributed by atoms with E-state index in [1.165, 1.54) is 6.92 Å². The van der Waals surface area contributed by atoms with E-state index >= 15 is 0 Å². The largest absolute Gasteiger partial charge is 0.497 e. The lowest BCUT2D eigenvalue weighted by atomic mass is 9.80. The summed E-state index contributed by atoms with van der Waals surface area (Å²) < 4.78 is 21.9. The molecule has 13 heteroatoms. The fourth-order valence-corrected chi connectivity index (χ4v) is 4.56. The molecule has 0 aliphatic carbocycles.